The van der Waals surface area contributed by atoms with E-state index >= 15 is 0 Å². The highest BCUT2D eigenvalue weighted by Crippen LogP contribution is 2.40. The van der Waals surface area contributed by atoms with E-state index in [4.69, 9.17) is 10.4 Å². The van der Waals surface area contributed by atoms with Crippen LogP contribution in [0.5, 0.6) is 0 Å². The molecule has 1 unspecified atom stereocenters. The maximum Gasteiger partial charge on any atom is 0.492 e. The van der Waals surface area contributed by atoms with Crippen molar-refractivity contribution < 1.29 is 9.68 Å². The molecule has 4 heteroatoms. The molecule has 0 amide bonds. The van der Waals surface area contributed by atoms with Gasteiger partial charge in [-0.05, 0) is 41.9 Å². The zero-order valence-corrected chi connectivity index (χ0v) is 9.23. The van der Waals surface area contributed by atoms with Gasteiger partial charge in [0.15, 0.2) is 0 Å². The predicted molar refractivity (Wildman–Crippen MR) is 64.2 cm³/mol. The lowest BCUT2D eigenvalue weighted by Crippen LogP contribution is -2.28. The highest BCUT2D eigenvalue weighted by atomic mass is 16.5. The summed E-state index contributed by atoms with van der Waals surface area (Å²) in [7, 11) is -0.788. The van der Waals surface area contributed by atoms with Crippen LogP contribution < -0.4 is 11.2 Å². The number of anilines is 1. The second-order valence-electron chi connectivity index (χ2n) is 4.84. The van der Waals surface area contributed by atoms with E-state index in [1.54, 1.807) is 0 Å². The lowest BCUT2D eigenvalue weighted by Gasteiger charge is -2.19. The van der Waals surface area contributed by atoms with Gasteiger partial charge in [-0.25, -0.2) is 0 Å². The molecule has 1 fully saturated rings. The summed E-state index contributed by atoms with van der Waals surface area (Å²) in [6, 6.07) is 5.72. The average molecular weight is 217 g/mol. The molecule has 0 spiro atoms. The largest absolute Gasteiger partial charge is 0.492 e. The maximum absolute atomic E-state index is 9.86. The zero-order valence-electron chi connectivity index (χ0n) is 9.23. The van der Waals surface area contributed by atoms with Crippen LogP contribution in [-0.2, 0) is 4.65 Å². The van der Waals surface area contributed by atoms with E-state index < -0.39 is 7.12 Å². The minimum absolute atomic E-state index is 0.0769. The Morgan fingerprint density at radius 2 is 2.06 bits per heavy atom. The normalized spacial score (nSPS) is 25.1. The van der Waals surface area contributed by atoms with Crippen molar-refractivity contribution in [3.63, 3.8) is 0 Å². The summed E-state index contributed by atoms with van der Waals surface area (Å²) in [5.74, 6) is 0.569. The van der Waals surface area contributed by atoms with Gasteiger partial charge in [0.1, 0.15) is 0 Å². The van der Waals surface area contributed by atoms with Crippen molar-refractivity contribution in [3.8, 4) is 0 Å². The molecule has 2 aliphatic rings. The second-order valence-corrected chi connectivity index (χ2v) is 4.84. The molecule has 0 radical (unpaired) electrons. The Hall–Kier alpha value is -0.995. The van der Waals surface area contributed by atoms with Gasteiger partial charge in [0.2, 0.25) is 0 Å². The topological polar surface area (TPSA) is 55.5 Å². The van der Waals surface area contributed by atoms with Gasteiger partial charge in [-0.1, -0.05) is 18.9 Å². The van der Waals surface area contributed by atoms with Crippen molar-refractivity contribution in [2.45, 2.75) is 31.8 Å². The fraction of sp³-hybridized carbons (Fsp3) is 0.500. The molecule has 1 heterocycles. The third kappa shape index (κ3) is 1.53. The summed E-state index contributed by atoms with van der Waals surface area (Å²) in [5.41, 5.74) is 8.40. The lowest BCUT2D eigenvalue weighted by atomic mass is 9.78. The van der Waals surface area contributed by atoms with Crippen LogP contribution in [0.1, 0.15) is 37.4 Å². The molecule has 0 bridgehead atoms. The molecule has 1 saturated carbocycles. The van der Waals surface area contributed by atoms with Gasteiger partial charge in [0, 0.05) is 5.69 Å². The fourth-order valence-corrected chi connectivity index (χ4v) is 2.98. The number of nitrogen functional groups attached to an aromatic ring is 1. The Bertz CT molecular complexity index is 404. The highest BCUT2D eigenvalue weighted by Gasteiger charge is 2.39. The van der Waals surface area contributed by atoms with E-state index in [1.807, 2.05) is 18.2 Å². The summed E-state index contributed by atoms with van der Waals surface area (Å²) in [6.45, 7) is 0. The van der Waals surface area contributed by atoms with E-state index in [2.05, 4.69) is 0 Å². The Kier molecular flexibility index (Phi) is 2.41. The summed E-state index contributed by atoms with van der Waals surface area (Å²) >= 11 is 0. The molecule has 1 aliphatic heterocycles. The Labute approximate surface area is 95.7 Å². The summed E-state index contributed by atoms with van der Waals surface area (Å²) in [5, 5.41) is 9.86. The average Bonchev–Trinajstić information content (AvgIpc) is 2.87. The van der Waals surface area contributed by atoms with Gasteiger partial charge in [-0.2, -0.15) is 0 Å². The first kappa shape index (κ1) is 10.2. The van der Waals surface area contributed by atoms with E-state index in [0.717, 1.165) is 11.0 Å². The fourth-order valence-electron chi connectivity index (χ4n) is 2.98. The molecule has 0 aromatic heterocycles. The monoisotopic (exact) mass is 217 g/mol. The maximum atomic E-state index is 9.86. The van der Waals surface area contributed by atoms with Crippen LogP contribution in [0.3, 0.4) is 0 Å². The number of rotatable bonds is 1. The number of fused-ring (bicyclic) bond motifs is 1. The molecule has 16 heavy (non-hydrogen) atoms. The van der Waals surface area contributed by atoms with Crippen LogP contribution in [0.4, 0.5) is 5.69 Å². The Morgan fingerprint density at radius 1 is 1.31 bits per heavy atom. The minimum atomic E-state index is -0.788. The van der Waals surface area contributed by atoms with Crippen molar-refractivity contribution in [2.24, 2.45) is 5.92 Å². The third-order valence-electron chi connectivity index (χ3n) is 3.79. The van der Waals surface area contributed by atoms with Crippen LogP contribution in [0.2, 0.25) is 0 Å². The van der Waals surface area contributed by atoms with Crippen LogP contribution in [0.25, 0.3) is 0 Å². The quantitative estimate of drug-likeness (QED) is 0.549. The van der Waals surface area contributed by atoms with Crippen LogP contribution in [-0.4, -0.2) is 12.1 Å². The molecular formula is C12H16BNO2. The molecular weight excluding hydrogens is 201 g/mol. The van der Waals surface area contributed by atoms with Crippen LogP contribution >= 0.6 is 0 Å². The van der Waals surface area contributed by atoms with E-state index in [1.165, 1.54) is 25.7 Å². The number of benzene rings is 1. The van der Waals surface area contributed by atoms with Gasteiger partial charge in [-0.15, -0.1) is 0 Å². The van der Waals surface area contributed by atoms with Gasteiger partial charge >= 0.3 is 7.12 Å². The van der Waals surface area contributed by atoms with Crippen molar-refractivity contribution >= 4 is 18.3 Å². The van der Waals surface area contributed by atoms with Crippen LogP contribution in [0, 0.1) is 5.92 Å². The number of hydrogen-bond acceptors (Lipinski definition) is 3. The Morgan fingerprint density at radius 3 is 2.81 bits per heavy atom. The molecule has 84 valence electrons. The van der Waals surface area contributed by atoms with Gasteiger partial charge in [-0.3, -0.25) is 0 Å². The molecule has 3 nitrogen and oxygen atoms in total. The smallest absolute Gasteiger partial charge is 0.423 e. The van der Waals surface area contributed by atoms with Crippen molar-refractivity contribution in [1.82, 2.24) is 0 Å². The van der Waals surface area contributed by atoms with Crippen molar-refractivity contribution in [3.05, 3.63) is 23.8 Å². The second kappa shape index (κ2) is 3.79. The van der Waals surface area contributed by atoms with Crippen LogP contribution in [0.15, 0.2) is 18.2 Å². The lowest BCUT2D eigenvalue weighted by molar-refractivity contribution is 0.129. The highest BCUT2D eigenvalue weighted by molar-refractivity contribution is 6.61. The summed E-state index contributed by atoms with van der Waals surface area (Å²) < 4.78 is 5.67. The van der Waals surface area contributed by atoms with Gasteiger partial charge in [0.05, 0.1) is 6.10 Å². The molecule has 1 aromatic rings. The first-order valence-corrected chi connectivity index (χ1v) is 5.98. The number of nitrogens with two attached hydrogens (primary N) is 1. The third-order valence-corrected chi connectivity index (χ3v) is 3.79. The standard InChI is InChI=1S/C12H16BNO2/c14-9-5-6-10-11(7-9)13(15)16-12(10)8-3-1-2-4-8/h5-8,12,15H,1-4,14H2. The molecule has 1 atom stereocenters. The zero-order chi connectivity index (χ0) is 11.1. The van der Waals surface area contributed by atoms with Crippen molar-refractivity contribution in [1.29, 1.82) is 0 Å². The summed E-state index contributed by atoms with van der Waals surface area (Å²) in [6.07, 6.45) is 5.06. The molecule has 3 rings (SSSR count). The van der Waals surface area contributed by atoms with Gasteiger partial charge in [0.25, 0.3) is 0 Å². The first-order chi connectivity index (χ1) is 7.75. The SMILES string of the molecule is Nc1ccc2c(c1)B(O)OC2C1CCCC1. The Balaban J connectivity index is 1.95. The predicted octanol–water partition coefficient (Wildman–Crippen LogP) is 1.22. The van der Waals surface area contributed by atoms with Crippen molar-refractivity contribution in [2.75, 3.05) is 5.73 Å². The van der Waals surface area contributed by atoms with E-state index in [9.17, 15) is 5.02 Å². The first-order valence-electron chi connectivity index (χ1n) is 5.98. The molecule has 0 saturated heterocycles. The van der Waals surface area contributed by atoms with Gasteiger partial charge < -0.3 is 15.4 Å². The van der Waals surface area contributed by atoms with E-state index in [-0.39, 0.29) is 6.10 Å². The van der Waals surface area contributed by atoms with E-state index in [0.29, 0.717) is 11.6 Å². The molecule has 1 aliphatic carbocycles. The molecule has 3 N–H and O–H groups in total. The summed E-state index contributed by atoms with van der Waals surface area (Å²) in [4.78, 5) is 0. The minimum Gasteiger partial charge on any atom is -0.423 e. The molecule has 1 aromatic carbocycles. The number of hydrogen-bond donors (Lipinski definition) is 2.